The summed E-state index contributed by atoms with van der Waals surface area (Å²) in [5.74, 6) is -0.113. The van der Waals surface area contributed by atoms with E-state index in [9.17, 15) is 14.9 Å². The van der Waals surface area contributed by atoms with Gasteiger partial charge >= 0.3 is 0 Å². The molecule has 3 N–H and O–H groups in total. The van der Waals surface area contributed by atoms with Crippen LogP contribution in [-0.2, 0) is 9.59 Å². The van der Waals surface area contributed by atoms with Crippen molar-refractivity contribution >= 4 is 56.4 Å². The summed E-state index contributed by atoms with van der Waals surface area (Å²) in [4.78, 5) is 31.9. The van der Waals surface area contributed by atoms with Gasteiger partial charge in [0.25, 0.3) is 0 Å². The van der Waals surface area contributed by atoms with Gasteiger partial charge in [-0.1, -0.05) is 53.4 Å². The maximum absolute atomic E-state index is 13.1. The minimum Gasteiger partial charge on any atom is -0.468 e. The summed E-state index contributed by atoms with van der Waals surface area (Å²) in [5, 5.41) is 24.2. The van der Waals surface area contributed by atoms with Crippen molar-refractivity contribution in [1.82, 2.24) is 15.2 Å². The first kappa shape index (κ1) is 26.0. The summed E-state index contributed by atoms with van der Waals surface area (Å²) in [7, 11) is 0. The molecule has 2 aliphatic rings. The summed E-state index contributed by atoms with van der Waals surface area (Å²) in [6, 6.07) is 15.4. The molecular weight excluding hydrogens is 567 g/mol. The van der Waals surface area contributed by atoms with Gasteiger partial charge in [-0.2, -0.15) is 5.26 Å². The molecule has 200 valence electrons. The fourth-order valence-electron chi connectivity index (χ4n) is 4.75. The van der Waals surface area contributed by atoms with E-state index in [2.05, 4.69) is 26.6 Å². The van der Waals surface area contributed by atoms with Gasteiger partial charge in [-0.15, -0.1) is 21.5 Å². The first-order valence-corrected chi connectivity index (χ1v) is 15.0. The Kier molecular flexibility index (Phi) is 7.21. The molecule has 0 radical (unpaired) electrons. The number of hydrogen-bond acceptors (Lipinski definition) is 12. The van der Waals surface area contributed by atoms with Crippen molar-refractivity contribution < 1.29 is 14.0 Å². The molecule has 40 heavy (non-hydrogen) atoms. The number of aromatic nitrogens is 3. The second kappa shape index (κ2) is 11.1. The van der Waals surface area contributed by atoms with Crippen LogP contribution in [0.4, 0.5) is 10.3 Å². The Hall–Kier alpha value is -4.25. The van der Waals surface area contributed by atoms with Crippen LogP contribution < -0.4 is 16.0 Å². The van der Waals surface area contributed by atoms with E-state index < -0.39 is 5.92 Å². The highest BCUT2D eigenvalue weighted by Gasteiger charge is 2.42. The highest BCUT2D eigenvalue weighted by Crippen LogP contribution is 2.47. The van der Waals surface area contributed by atoms with E-state index in [1.807, 2.05) is 35.7 Å². The summed E-state index contributed by atoms with van der Waals surface area (Å²) >= 11 is 3.84. The summed E-state index contributed by atoms with van der Waals surface area (Å²) < 4.78 is 6.15. The van der Waals surface area contributed by atoms with Gasteiger partial charge in [0.05, 0.1) is 35.3 Å². The summed E-state index contributed by atoms with van der Waals surface area (Å²) in [6.07, 6.45) is 3.17. The van der Waals surface area contributed by atoms with E-state index in [1.54, 1.807) is 17.0 Å². The van der Waals surface area contributed by atoms with Crippen molar-refractivity contribution in [3.8, 4) is 17.3 Å². The largest absolute Gasteiger partial charge is 0.468 e. The number of allylic oxidation sites excluding steroid dienone is 3. The molecule has 1 aliphatic heterocycles. The number of thioether (sulfide) groups is 1. The Morgan fingerprint density at radius 3 is 2.85 bits per heavy atom. The maximum atomic E-state index is 13.1. The average Bonchev–Trinajstić information content (AvgIpc) is 3.75. The number of Topliss-reactive ketones (excluding diaryl/α,β-unsaturated/α-hetero) is 1. The van der Waals surface area contributed by atoms with Crippen LogP contribution in [0.3, 0.4) is 0 Å². The van der Waals surface area contributed by atoms with Gasteiger partial charge in [-0.25, -0.2) is 4.98 Å². The lowest BCUT2D eigenvalue weighted by molar-refractivity contribution is -0.116. The van der Waals surface area contributed by atoms with Gasteiger partial charge in [0.2, 0.25) is 11.0 Å². The average molecular weight is 588 g/mol. The number of ketones is 1. The van der Waals surface area contributed by atoms with Crippen molar-refractivity contribution in [2.24, 2.45) is 5.73 Å². The molecule has 1 amide bonds. The third-order valence-corrected chi connectivity index (χ3v) is 9.27. The van der Waals surface area contributed by atoms with Crippen LogP contribution in [0, 0.1) is 11.3 Å². The Morgan fingerprint density at radius 1 is 1.23 bits per heavy atom. The predicted octanol–water partition coefficient (Wildman–Crippen LogP) is 5.29. The predicted molar refractivity (Wildman–Crippen MR) is 153 cm³/mol. The molecule has 0 saturated heterocycles. The number of furan rings is 1. The number of amides is 1. The van der Waals surface area contributed by atoms with Crippen LogP contribution in [0.15, 0.2) is 85.5 Å². The maximum Gasteiger partial charge on any atom is 0.236 e. The Bertz CT molecular complexity index is 1680. The molecule has 4 aromatic rings. The Morgan fingerprint density at radius 2 is 2.08 bits per heavy atom. The molecule has 3 aromatic heterocycles. The molecule has 10 nitrogen and oxygen atoms in total. The molecule has 1 aliphatic carbocycles. The van der Waals surface area contributed by atoms with Crippen molar-refractivity contribution in [3.05, 3.63) is 82.5 Å². The van der Waals surface area contributed by atoms with E-state index in [4.69, 9.17) is 10.2 Å². The number of hydrogen-bond donors (Lipinski definition) is 2. The van der Waals surface area contributed by atoms with Crippen LogP contribution in [0.2, 0.25) is 0 Å². The highest BCUT2D eigenvalue weighted by atomic mass is 32.2. The molecular formula is C27H21N7O3S3. The lowest BCUT2D eigenvalue weighted by Crippen LogP contribution is -2.38. The van der Waals surface area contributed by atoms with Crippen molar-refractivity contribution in [3.63, 3.8) is 0 Å². The number of nitrogens with one attached hydrogen (secondary N) is 1. The topological polar surface area (TPSA) is 151 Å². The van der Waals surface area contributed by atoms with Crippen molar-refractivity contribution in [2.45, 2.75) is 29.5 Å². The zero-order valence-electron chi connectivity index (χ0n) is 20.9. The quantitative estimate of drug-likeness (QED) is 0.273. The van der Waals surface area contributed by atoms with Crippen molar-refractivity contribution in [1.29, 1.82) is 5.26 Å². The number of thiazole rings is 1. The van der Waals surface area contributed by atoms with Gasteiger partial charge in [0.15, 0.2) is 15.3 Å². The second-order valence-electron chi connectivity index (χ2n) is 8.92. The third-order valence-electron chi connectivity index (χ3n) is 6.47. The molecule has 6 rings (SSSR count). The number of nitriles is 1. The minimum absolute atomic E-state index is 0.0405. The Balaban J connectivity index is 1.19. The number of benzene rings is 1. The van der Waals surface area contributed by atoms with Crippen LogP contribution in [0.25, 0.3) is 11.3 Å². The molecule has 1 atom stereocenters. The van der Waals surface area contributed by atoms with Gasteiger partial charge in [-0.05, 0) is 25.0 Å². The van der Waals surface area contributed by atoms with Gasteiger partial charge in [0, 0.05) is 28.6 Å². The second-order valence-corrected chi connectivity index (χ2v) is 12.0. The molecule has 0 bridgehead atoms. The van der Waals surface area contributed by atoms with Crippen LogP contribution in [0.5, 0.6) is 0 Å². The standard InChI is InChI=1S/C27H21N7O3S3/c28-12-16-22(20-10-5-11-37-20)23-18(8-4-9-19(23)35)34(24(16)29)26-32-33-27(40-26)39-14-21(36)31-25-30-17(13-38-25)15-6-2-1-3-7-15/h1-3,5-7,10-11,13,22H,4,8-9,14,29H2,(H,30,31,36). The van der Waals surface area contributed by atoms with Crippen LogP contribution in [0.1, 0.15) is 30.9 Å². The third kappa shape index (κ3) is 4.92. The van der Waals surface area contributed by atoms with Crippen molar-refractivity contribution in [2.75, 3.05) is 16.0 Å². The first-order chi connectivity index (χ1) is 19.5. The van der Waals surface area contributed by atoms with E-state index in [1.165, 1.54) is 40.7 Å². The molecule has 13 heteroatoms. The zero-order chi connectivity index (χ0) is 27.6. The van der Waals surface area contributed by atoms with Gasteiger partial charge < -0.3 is 15.5 Å². The fraction of sp³-hybridized carbons (Fsp3) is 0.185. The normalized spacial score (nSPS) is 17.1. The van der Waals surface area contributed by atoms with E-state index >= 15 is 0 Å². The number of rotatable bonds is 7. The number of nitrogens with two attached hydrogens (primary N) is 1. The summed E-state index contributed by atoms with van der Waals surface area (Å²) in [5.41, 5.74) is 9.76. The number of nitrogens with zero attached hydrogens (tertiary/aromatic N) is 5. The minimum atomic E-state index is -0.655. The monoisotopic (exact) mass is 587 g/mol. The number of anilines is 2. The first-order valence-electron chi connectivity index (χ1n) is 12.3. The molecule has 0 saturated carbocycles. The smallest absolute Gasteiger partial charge is 0.236 e. The molecule has 0 spiro atoms. The molecule has 1 aromatic carbocycles. The SMILES string of the molecule is N#CC1=C(N)N(c2nnc(SCC(=O)Nc3nc(-c4ccccc4)cs3)s2)C2=C(C(=O)CCC2)C1c1ccco1. The highest BCUT2D eigenvalue weighted by molar-refractivity contribution is 8.01. The van der Waals surface area contributed by atoms with E-state index in [-0.39, 0.29) is 28.8 Å². The van der Waals surface area contributed by atoms with E-state index in [0.717, 1.165) is 11.3 Å². The summed E-state index contributed by atoms with van der Waals surface area (Å²) in [6.45, 7) is 0. The van der Waals surface area contributed by atoms with Gasteiger partial charge in [0.1, 0.15) is 11.6 Å². The van der Waals surface area contributed by atoms with Crippen LogP contribution >= 0.6 is 34.4 Å². The Labute approximate surface area is 241 Å². The number of carbonyl (C=O) groups is 2. The zero-order valence-corrected chi connectivity index (χ0v) is 23.3. The lowest BCUT2D eigenvalue weighted by atomic mass is 9.78. The fourth-order valence-corrected chi connectivity index (χ4v) is 7.17. The van der Waals surface area contributed by atoms with Gasteiger partial charge in [-0.3, -0.25) is 14.5 Å². The van der Waals surface area contributed by atoms with Crippen LogP contribution in [-0.4, -0.2) is 32.6 Å². The molecule has 0 fully saturated rings. The molecule has 4 heterocycles. The van der Waals surface area contributed by atoms with E-state index in [0.29, 0.717) is 50.9 Å². The molecule has 1 unspecified atom stereocenters. The number of carbonyl (C=O) groups excluding carboxylic acids is 2. The lowest BCUT2D eigenvalue weighted by Gasteiger charge is -2.37.